The normalized spacial score (nSPS) is 15.4. The van der Waals surface area contributed by atoms with E-state index in [0.717, 1.165) is 24.4 Å². The van der Waals surface area contributed by atoms with E-state index < -0.39 is 0 Å². The van der Waals surface area contributed by atoms with Crippen LogP contribution in [0.1, 0.15) is 28.9 Å². The van der Waals surface area contributed by atoms with Crippen LogP contribution in [0.2, 0.25) is 0 Å². The average Bonchev–Trinajstić information content (AvgIpc) is 2.79. The number of carbonyl (C=O) groups excluding carboxylic acids is 2. The third-order valence-corrected chi connectivity index (χ3v) is 5.47. The first kappa shape index (κ1) is 21.6. The van der Waals surface area contributed by atoms with E-state index in [1.165, 1.54) is 4.90 Å². The zero-order valence-electron chi connectivity index (χ0n) is 17.8. The molecule has 30 heavy (non-hydrogen) atoms. The Morgan fingerprint density at radius 1 is 1.07 bits per heavy atom. The molecule has 0 aromatic heterocycles. The van der Waals surface area contributed by atoms with Crippen LogP contribution in [0.25, 0.3) is 0 Å². The van der Waals surface area contributed by atoms with Gasteiger partial charge in [-0.25, -0.2) is 0 Å². The van der Waals surface area contributed by atoms with Gasteiger partial charge in [0.25, 0.3) is 11.8 Å². The molecule has 0 radical (unpaired) electrons. The second-order valence-electron chi connectivity index (χ2n) is 7.48. The summed E-state index contributed by atoms with van der Waals surface area (Å²) >= 11 is 0. The average molecular weight is 413 g/mol. The Hall–Kier alpha value is -3.06. The highest BCUT2D eigenvalue weighted by molar-refractivity contribution is 5.94. The van der Waals surface area contributed by atoms with Crippen LogP contribution in [0.4, 0.5) is 0 Å². The molecule has 1 heterocycles. The van der Waals surface area contributed by atoms with Crippen molar-refractivity contribution in [2.45, 2.75) is 13.0 Å². The Kier molecular flexibility index (Phi) is 7.30. The third-order valence-electron chi connectivity index (χ3n) is 5.47. The zero-order chi connectivity index (χ0) is 21.5. The molecule has 1 atom stereocenters. The number of quaternary nitrogens is 1. The lowest BCUT2D eigenvalue weighted by atomic mass is 10.1. The number of carbonyl (C=O) groups is 2. The fraction of sp³-hybridized carbons (Fsp3) is 0.391. The highest BCUT2D eigenvalue weighted by atomic mass is 16.5. The van der Waals surface area contributed by atoms with E-state index in [0.29, 0.717) is 30.9 Å². The number of hydrogen-bond acceptors (Lipinski definition) is 4. The fourth-order valence-electron chi connectivity index (χ4n) is 3.74. The molecule has 1 saturated heterocycles. The van der Waals surface area contributed by atoms with Crippen LogP contribution in [0.3, 0.4) is 0 Å². The predicted molar refractivity (Wildman–Crippen MR) is 114 cm³/mol. The van der Waals surface area contributed by atoms with Crippen LogP contribution in [0, 0.1) is 0 Å². The summed E-state index contributed by atoms with van der Waals surface area (Å²) in [5, 5.41) is 3.05. The summed E-state index contributed by atoms with van der Waals surface area (Å²) in [6.45, 7) is 5.11. The summed E-state index contributed by atoms with van der Waals surface area (Å²) in [5.74, 6) is 1.46. The van der Waals surface area contributed by atoms with Crippen molar-refractivity contribution >= 4 is 11.8 Å². The molecule has 3 rings (SSSR count). The first-order valence-electron chi connectivity index (χ1n) is 10.2. The number of ether oxygens (including phenoxy) is 2. The molecular weight excluding hydrogens is 382 g/mol. The van der Waals surface area contributed by atoms with Crippen molar-refractivity contribution in [2.24, 2.45) is 0 Å². The van der Waals surface area contributed by atoms with Gasteiger partial charge in [0.2, 0.25) is 0 Å². The molecule has 0 saturated carbocycles. The molecule has 2 N–H and O–H groups in total. The van der Waals surface area contributed by atoms with E-state index in [4.69, 9.17) is 9.47 Å². The monoisotopic (exact) mass is 412 g/mol. The molecule has 2 aromatic rings. The van der Waals surface area contributed by atoms with Crippen molar-refractivity contribution in [3.05, 3.63) is 59.7 Å². The van der Waals surface area contributed by atoms with Crippen molar-refractivity contribution in [1.29, 1.82) is 0 Å². The maximum atomic E-state index is 12.6. The Morgan fingerprint density at radius 2 is 1.77 bits per heavy atom. The van der Waals surface area contributed by atoms with Gasteiger partial charge in [-0.15, -0.1) is 0 Å². The summed E-state index contributed by atoms with van der Waals surface area (Å²) in [4.78, 5) is 28.2. The van der Waals surface area contributed by atoms with Gasteiger partial charge in [-0.1, -0.05) is 18.2 Å². The molecule has 2 amide bonds. The number of benzene rings is 2. The maximum absolute atomic E-state index is 12.6. The first-order chi connectivity index (χ1) is 14.5. The molecule has 7 nitrogen and oxygen atoms in total. The summed E-state index contributed by atoms with van der Waals surface area (Å²) in [6.07, 6.45) is 0. The lowest BCUT2D eigenvalue weighted by Gasteiger charge is -2.32. The molecule has 2 aromatic carbocycles. The molecule has 160 valence electrons. The Labute approximate surface area is 177 Å². The number of hydrogen-bond donors (Lipinski definition) is 2. The van der Waals surface area contributed by atoms with E-state index >= 15 is 0 Å². The second-order valence-corrected chi connectivity index (χ2v) is 7.48. The standard InChI is InChI=1S/C23H29N3O4/c1-17(20-15-19(29-2)9-10-21(20)30-3)24-22(27)16-25-11-13-26(14-12-25)23(28)18-7-5-4-6-8-18/h4-10,15,17H,11-14,16H2,1-3H3,(H,24,27)/p+1/t17-/m0/s1. The molecule has 0 aliphatic carbocycles. The number of piperazine rings is 1. The smallest absolute Gasteiger partial charge is 0.275 e. The van der Waals surface area contributed by atoms with E-state index in [9.17, 15) is 9.59 Å². The molecule has 0 bridgehead atoms. The molecule has 0 unspecified atom stereocenters. The van der Waals surface area contributed by atoms with Crippen molar-refractivity contribution in [2.75, 3.05) is 46.9 Å². The Morgan fingerprint density at radius 3 is 2.40 bits per heavy atom. The van der Waals surface area contributed by atoms with Gasteiger partial charge in [-0.2, -0.15) is 0 Å². The van der Waals surface area contributed by atoms with E-state index in [1.54, 1.807) is 14.2 Å². The Balaban J connectivity index is 1.51. The van der Waals surface area contributed by atoms with Gasteiger partial charge in [-0.05, 0) is 37.3 Å². The van der Waals surface area contributed by atoms with Gasteiger partial charge in [0.15, 0.2) is 6.54 Å². The van der Waals surface area contributed by atoms with Crippen molar-refractivity contribution in [3.63, 3.8) is 0 Å². The number of nitrogens with one attached hydrogen (secondary N) is 2. The first-order valence-corrected chi connectivity index (χ1v) is 10.2. The topological polar surface area (TPSA) is 72.3 Å². The Bertz CT molecular complexity index is 864. The summed E-state index contributed by atoms with van der Waals surface area (Å²) in [5.41, 5.74) is 1.58. The van der Waals surface area contributed by atoms with Crippen LogP contribution >= 0.6 is 0 Å². The molecule has 1 aliphatic rings. The number of rotatable bonds is 7. The lowest BCUT2D eigenvalue weighted by molar-refractivity contribution is -0.896. The quantitative estimate of drug-likeness (QED) is 0.710. The molecule has 0 spiro atoms. The SMILES string of the molecule is COc1ccc(OC)c([C@H](C)NC(=O)C[NH+]2CCN(C(=O)c3ccccc3)CC2)c1. The van der Waals surface area contributed by atoms with Gasteiger partial charge in [0.05, 0.1) is 46.4 Å². The maximum Gasteiger partial charge on any atom is 0.275 e. The molecular formula is C23H30N3O4+. The van der Waals surface area contributed by atoms with Crippen LogP contribution in [0.5, 0.6) is 11.5 Å². The van der Waals surface area contributed by atoms with Gasteiger partial charge in [-0.3, -0.25) is 9.59 Å². The fourth-order valence-corrected chi connectivity index (χ4v) is 3.74. The number of methoxy groups -OCH3 is 2. The van der Waals surface area contributed by atoms with Crippen LogP contribution in [-0.2, 0) is 4.79 Å². The molecule has 1 fully saturated rings. The zero-order valence-corrected chi connectivity index (χ0v) is 17.8. The largest absolute Gasteiger partial charge is 0.497 e. The third kappa shape index (κ3) is 5.30. The molecule has 7 heteroatoms. The summed E-state index contributed by atoms with van der Waals surface area (Å²) in [7, 11) is 3.22. The molecule has 1 aliphatic heterocycles. The van der Waals surface area contributed by atoms with E-state index in [2.05, 4.69) is 5.32 Å². The van der Waals surface area contributed by atoms with Crippen LogP contribution in [0.15, 0.2) is 48.5 Å². The predicted octanol–water partition coefficient (Wildman–Crippen LogP) is 0.922. The van der Waals surface area contributed by atoms with Crippen molar-refractivity contribution in [3.8, 4) is 11.5 Å². The highest BCUT2D eigenvalue weighted by Gasteiger charge is 2.26. The van der Waals surface area contributed by atoms with Crippen LogP contribution < -0.4 is 19.7 Å². The minimum Gasteiger partial charge on any atom is -0.497 e. The lowest BCUT2D eigenvalue weighted by Crippen LogP contribution is -3.15. The van der Waals surface area contributed by atoms with Gasteiger partial charge in [0, 0.05) is 11.1 Å². The minimum atomic E-state index is -0.206. The number of amides is 2. The van der Waals surface area contributed by atoms with Crippen LogP contribution in [-0.4, -0.2) is 63.7 Å². The van der Waals surface area contributed by atoms with Crippen molar-refractivity contribution < 1.29 is 24.0 Å². The minimum absolute atomic E-state index is 0.0230. The van der Waals surface area contributed by atoms with E-state index in [-0.39, 0.29) is 17.9 Å². The number of nitrogens with zero attached hydrogens (tertiary/aromatic N) is 1. The van der Waals surface area contributed by atoms with Crippen molar-refractivity contribution in [1.82, 2.24) is 10.2 Å². The van der Waals surface area contributed by atoms with Gasteiger partial charge >= 0.3 is 0 Å². The highest BCUT2D eigenvalue weighted by Crippen LogP contribution is 2.29. The summed E-state index contributed by atoms with van der Waals surface area (Å²) in [6, 6.07) is 14.7. The van der Waals surface area contributed by atoms with Gasteiger partial charge < -0.3 is 24.6 Å². The second kappa shape index (κ2) is 10.1. The van der Waals surface area contributed by atoms with Gasteiger partial charge in [0.1, 0.15) is 11.5 Å². The summed E-state index contributed by atoms with van der Waals surface area (Å²) < 4.78 is 10.7. The van der Waals surface area contributed by atoms with E-state index in [1.807, 2.05) is 60.4 Å².